The standard InChI is InChI=1S/C18H15BrN2O2/c1-11-10-12(19)2-7-15(11)16-8-9-17(23-16)18(22)21-14-5-3-13(20)4-6-14/h2-10H,20H2,1H3,(H,21,22). The van der Waals surface area contributed by atoms with Crippen molar-refractivity contribution in [3.05, 3.63) is 70.4 Å². The maximum atomic E-state index is 12.2. The largest absolute Gasteiger partial charge is 0.451 e. The Morgan fingerprint density at radius 2 is 1.83 bits per heavy atom. The molecular formula is C18H15BrN2O2. The summed E-state index contributed by atoms with van der Waals surface area (Å²) >= 11 is 3.44. The lowest BCUT2D eigenvalue weighted by Gasteiger charge is -2.04. The first-order valence-electron chi connectivity index (χ1n) is 7.06. The molecule has 0 radical (unpaired) electrons. The first kappa shape index (κ1) is 15.4. The molecule has 0 fully saturated rings. The van der Waals surface area contributed by atoms with Gasteiger partial charge in [0.1, 0.15) is 5.76 Å². The van der Waals surface area contributed by atoms with Crippen molar-refractivity contribution in [1.82, 2.24) is 0 Å². The Bertz CT molecular complexity index is 854. The van der Waals surface area contributed by atoms with Crippen molar-refractivity contribution in [2.45, 2.75) is 6.92 Å². The van der Waals surface area contributed by atoms with E-state index in [1.165, 1.54) is 0 Å². The van der Waals surface area contributed by atoms with Crippen molar-refractivity contribution < 1.29 is 9.21 Å². The van der Waals surface area contributed by atoms with E-state index in [1.54, 1.807) is 36.4 Å². The third-order valence-electron chi connectivity index (χ3n) is 3.45. The SMILES string of the molecule is Cc1cc(Br)ccc1-c1ccc(C(=O)Nc2ccc(N)cc2)o1. The third-order valence-corrected chi connectivity index (χ3v) is 3.95. The van der Waals surface area contributed by atoms with E-state index in [0.717, 1.165) is 15.6 Å². The van der Waals surface area contributed by atoms with Gasteiger partial charge in [-0.25, -0.2) is 0 Å². The zero-order chi connectivity index (χ0) is 16.4. The number of aryl methyl sites for hydroxylation is 1. The van der Waals surface area contributed by atoms with Crippen molar-refractivity contribution in [2.24, 2.45) is 0 Å². The van der Waals surface area contributed by atoms with Gasteiger partial charge < -0.3 is 15.5 Å². The molecule has 23 heavy (non-hydrogen) atoms. The second-order valence-electron chi connectivity index (χ2n) is 5.20. The molecule has 0 aliphatic carbocycles. The van der Waals surface area contributed by atoms with Crippen LogP contribution >= 0.6 is 15.9 Å². The lowest BCUT2D eigenvalue weighted by molar-refractivity contribution is 0.0997. The van der Waals surface area contributed by atoms with Gasteiger partial charge in [0.05, 0.1) is 0 Å². The number of carbonyl (C=O) groups is 1. The lowest BCUT2D eigenvalue weighted by atomic mass is 10.1. The molecule has 2 aromatic carbocycles. The quantitative estimate of drug-likeness (QED) is 0.647. The summed E-state index contributed by atoms with van der Waals surface area (Å²) in [5.41, 5.74) is 8.97. The number of hydrogen-bond acceptors (Lipinski definition) is 3. The number of nitrogens with one attached hydrogen (secondary N) is 1. The van der Waals surface area contributed by atoms with Gasteiger partial charge in [-0.15, -0.1) is 0 Å². The Hall–Kier alpha value is -2.53. The van der Waals surface area contributed by atoms with Crippen LogP contribution in [-0.4, -0.2) is 5.91 Å². The van der Waals surface area contributed by atoms with Crippen LogP contribution in [0.3, 0.4) is 0 Å². The van der Waals surface area contributed by atoms with Gasteiger partial charge in [-0.05, 0) is 67.1 Å². The normalized spacial score (nSPS) is 10.5. The summed E-state index contributed by atoms with van der Waals surface area (Å²) in [6.45, 7) is 2.00. The van der Waals surface area contributed by atoms with Crippen molar-refractivity contribution in [3.63, 3.8) is 0 Å². The predicted octanol–water partition coefficient (Wildman–Crippen LogP) is 4.85. The van der Waals surface area contributed by atoms with E-state index in [1.807, 2.05) is 25.1 Å². The van der Waals surface area contributed by atoms with Gasteiger partial charge in [0, 0.05) is 21.4 Å². The maximum absolute atomic E-state index is 12.2. The summed E-state index contributed by atoms with van der Waals surface area (Å²) in [7, 11) is 0. The highest BCUT2D eigenvalue weighted by atomic mass is 79.9. The second kappa shape index (κ2) is 6.30. The van der Waals surface area contributed by atoms with Crippen molar-refractivity contribution in [3.8, 4) is 11.3 Å². The summed E-state index contributed by atoms with van der Waals surface area (Å²) in [4.78, 5) is 12.2. The van der Waals surface area contributed by atoms with Gasteiger partial charge in [-0.1, -0.05) is 15.9 Å². The van der Waals surface area contributed by atoms with Crippen molar-refractivity contribution in [1.29, 1.82) is 0 Å². The summed E-state index contributed by atoms with van der Waals surface area (Å²) in [5.74, 6) is 0.632. The van der Waals surface area contributed by atoms with Gasteiger partial charge >= 0.3 is 0 Å². The Morgan fingerprint density at radius 1 is 1.09 bits per heavy atom. The van der Waals surface area contributed by atoms with E-state index in [9.17, 15) is 4.79 Å². The molecule has 0 aliphatic rings. The summed E-state index contributed by atoms with van der Waals surface area (Å²) in [5, 5.41) is 2.78. The smallest absolute Gasteiger partial charge is 0.291 e. The highest BCUT2D eigenvalue weighted by molar-refractivity contribution is 9.10. The molecule has 0 unspecified atom stereocenters. The van der Waals surface area contributed by atoms with Crippen LogP contribution in [0.2, 0.25) is 0 Å². The molecular weight excluding hydrogens is 356 g/mol. The predicted molar refractivity (Wildman–Crippen MR) is 95.4 cm³/mol. The monoisotopic (exact) mass is 370 g/mol. The number of nitrogens with two attached hydrogens (primary N) is 1. The molecule has 3 rings (SSSR count). The molecule has 0 saturated heterocycles. The van der Waals surface area contributed by atoms with E-state index in [0.29, 0.717) is 17.1 Å². The average Bonchev–Trinajstić information content (AvgIpc) is 2.99. The van der Waals surface area contributed by atoms with Crippen LogP contribution in [0.5, 0.6) is 0 Å². The number of amides is 1. The Kier molecular flexibility index (Phi) is 4.21. The minimum Gasteiger partial charge on any atom is -0.451 e. The number of rotatable bonds is 3. The molecule has 0 saturated carbocycles. The molecule has 0 atom stereocenters. The van der Waals surface area contributed by atoms with Gasteiger partial charge in [-0.2, -0.15) is 0 Å². The first-order chi connectivity index (χ1) is 11.0. The van der Waals surface area contributed by atoms with E-state index in [4.69, 9.17) is 10.2 Å². The average molecular weight is 371 g/mol. The van der Waals surface area contributed by atoms with E-state index >= 15 is 0 Å². The molecule has 3 aromatic rings. The van der Waals surface area contributed by atoms with Crippen molar-refractivity contribution in [2.75, 3.05) is 11.1 Å². The molecule has 0 aliphatic heterocycles. The fourth-order valence-corrected chi connectivity index (χ4v) is 2.74. The Labute approximate surface area is 142 Å². The van der Waals surface area contributed by atoms with Gasteiger partial charge in [-0.3, -0.25) is 4.79 Å². The van der Waals surface area contributed by atoms with Gasteiger partial charge in [0.25, 0.3) is 5.91 Å². The van der Waals surface area contributed by atoms with Crippen LogP contribution in [-0.2, 0) is 0 Å². The fraction of sp³-hybridized carbons (Fsp3) is 0.0556. The number of anilines is 2. The molecule has 5 heteroatoms. The Balaban J connectivity index is 1.81. The van der Waals surface area contributed by atoms with Gasteiger partial charge in [0.2, 0.25) is 0 Å². The highest BCUT2D eigenvalue weighted by Crippen LogP contribution is 2.28. The lowest BCUT2D eigenvalue weighted by Crippen LogP contribution is -2.10. The summed E-state index contributed by atoms with van der Waals surface area (Å²) < 4.78 is 6.70. The zero-order valence-electron chi connectivity index (χ0n) is 12.5. The molecule has 4 nitrogen and oxygen atoms in total. The molecule has 0 bridgehead atoms. The molecule has 1 heterocycles. The summed E-state index contributed by atoms with van der Waals surface area (Å²) in [6, 6.07) is 16.3. The van der Waals surface area contributed by atoms with Gasteiger partial charge in [0.15, 0.2) is 5.76 Å². The fourth-order valence-electron chi connectivity index (χ4n) is 2.27. The van der Waals surface area contributed by atoms with E-state index in [-0.39, 0.29) is 11.7 Å². The molecule has 1 amide bonds. The number of furan rings is 1. The molecule has 116 valence electrons. The van der Waals surface area contributed by atoms with Crippen LogP contribution in [0, 0.1) is 6.92 Å². The van der Waals surface area contributed by atoms with Crippen LogP contribution in [0.15, 0.2) is 63.5 Å². The number of nitrogen functional groups attached to an aromatic ring is 1. The number of halogens is 1. The number of benzene rings is 2. The number of carbonyl (C=O) groups excluding carboxylic acids is 1. The third kappa shape index (κ3) is 3.46. The van der Waals surface area contributed by atoms with Crippen LogP contribution in [0.1, 0.15) is 16.1 Å². The van der Waals surface area contributed by atoms with E-state index in [2.05, 4.69) is 21.2 Å². The zero-order valence-corrected chi connectivity index (χ0v) is 14.1. The molecule has 1 aromatic heterocycles. The van der Waals surface area contributed by atoms with Crippen molar-refractivity contribution >= 4 is 33.2 Å². The Morgan fingerprint density at radius 3 is 2.52 bits per heavy atom. The highest BCUT2D eigenvalue weighted by Gasteiger charge is 2.13. The van der Waals surface area contributed by atoms with Crippen LogP contribution in [0.4, 0.5) is 11.4 Å². The molecule has 3 N–H and O–H groups in total. The van der Waals surface area contributed by atoms with Crippen LogP contribution < -0.4 is 11.1 Å². The maximum Gasteiger partial charge on any atom is 0.291 e. The minimum atomic E-state index is -0.296. The second-order valence-corrected chi connectivity index (χ2v) is 6.11. The van der Waals surface area contributed by atoms with Crippen LogP contribution in [0.25, 0.3) is 11.3 Å². The first-order valence-corrected chi connectivity index (χ1v) is 7.85. The summed E-state index contributed by atoms with van der Waals surface area (Å²) in [6.07, 6.45) is 0. The van der Waals surface area contributed by atoms with E-state index < -0.39 is 0 Å². The minimum absolute atomic E-state index is 0.263. The topological polar surface area (TPSA) is 68.3 Å². The number of hydrogen-bond donors (Lipinski definition) is 2. The molecule has 0 spiro atoms.